The van der Waals surface area contributed by atoms with Crippen molar-refractivity contribution in [3.8, 4) is 5.75 Å². The Bertz CT molecular complexity index is 394. The standard InChI is InChI=1S/C8H7NOS/c1-5-2-6-8(7(10)3-5)11-4-9-6/h2-4,10H,1H3. The van der Waals surface area contributed by atoms with Gasteiger partial charge in [-0.2, -0.15) is 0 Å². The van der Waals surface area contributed by atoms with Gasteiger partial charge in [-0.25, -0.2) is 4.98 Å². The van der Waals surface area contributed by atoms with Gasteiger partial charge in [-0.05, 0) is 24.6 Å². The van der Waals surface area contributed by atoms with Crippen molar-refractivity contribution in [3.63, 3.8) is 0 Å². The molecule has 56 valence electrons. The highest BCUT2D eigenvalue weighted by atomic mass is 32.1. The summed E-state index contributed by atoms with van der Waals surface area (Å²) < 4.78 is 0.871. The minimum Gasteiger partial charge on any atom is -0.506 e. The number of nitrogens with zero attached hydrogens (tertiary/aromatic N) is 1. The Labute approximate surface area is 68.1 Å². The van der Waals surface area contributed by atoms with Crippen molar-refractivity contribution in [3.05, 3.63) is 23.2 Å². The average molecular weight is 165 g/mol. The second-order valence-corrected chi connectivity index (χ2v) is 3.34. The first-order valence-electron chi connectivity index (χ1n) is 3.30. The predicted molar refractivity (Wildman–Crippen MR) is 46.0 cm³/mol. The van der Waals surface area contributed by atoms with Crippen LogP contribution in [0.1, 0.15) is 5.56 Å². The van der Waals surface area contributed by atoms with Crippen molar-refractivity contribution < 1.29 is 5.11 Å². The van der Waals surface area contributed by atoms with Crippen LogP contribution in [0.15, 0.2) is 17.6 Å². The van der Waals surface area contributed by atoms with E-state index in [9.17, 15) is 5.11 Å². The van der Waals surface area contributed by atoms with E-state index in [4.69, 9.17) is 0 Å². The summed E-state index contributed by atoms with van der Waals surface area (Å²) in [6, 6.07) is 3.71. The monoisotopic (exact) mass is 165 g/mol. The van der Waals surface area contributed by atoms with Gasteiger partial charge in [0.05, 0.1) is 15.7 Å². The van der Waals surface area contributed by atoms with E-state index in [2.05, 4.69) is 4.98 Å². The van der Waals surface area contributed by atoms with E-state index in [1.54, 1.807) is 11.6 Å². The van der Waals surface area contributed by atoms with Gasteiger partial charge in [0.25, 0.3) is 0 Å². The molecule has 2 nitrogen and oxygen atoms in total. The lowest BCUT2D eigenvalue weighted by Gasteiger charge is -1.94. The molecule has 0 bridgehead atoms. The quantitative estimate of drug-likeness (QED) is 0.649. The van der Waals surface area contributed by atoms with Crippen molar-refractivity contribution in [2.45, 2.75) is 6.92 Å². The molecular formula is C8H7NOS. The Hall–Kier alpha value is -1.09. The van der Waals surface area contributed by atoms with Gasteiger partial charge in [-0.1, -0.05) is 0 Å². The highest BCUT2D eigenvalue weighted by Gasteiger charge is 2.01. The molecule has 0 aliphatic rings. The van der Waals surface area contributed by atoms with Crippen LogP contribution < -0.4 is 0 Å². The van der Waals surface area contributed by atoms with Crippen molar-refractivity contribution in [2.24, 2.45) is 0 Å². The molecule has 1 heterocycles. The number of phenolic OH excluding ortho intramolecular Hbond substituents is 1. The molecular weight excluding hydrogens is 158 g/mol. The van der Waals surface area contributed by atoms with E-state index in [-0.39, 0.29) is 0 Å². The van der Waals surface area contributed by atoms with Crippen LogP contribution in [-0.2, 0) is 0 Å². The van der Waals surface area contributed by atoms with Crippen molar-refractivity contribution >= 4 is 21.6 Å². The van der Waals surface area contributed by atoms with Crippen LogP contribution in [-0.4, -0.2) is 10.1 Å². The third-order valence-electron chi connectivity index (χ3n) is 1.56. The molecule has 0 aliphatic carbocycles. The normalized spacial score (nSPS) is 10.6. The fourth-order valence-corrected chi connectivity index (χ4v) is 1.77. The van der Waals surface area contributed by atoms with Crippen LogP contribution >= 0.6 is 11.3 Å². The van der Waals surface area contributed by atoms with E-state index < -0.39 is 0 Å². The summed E-state index contributed by atoms with van der Waals surface area (Å²) in [5.41, 5.74) is 3.66. The zero-order valence-electron chi connectivity index (χ0n) is 6.03. The van der Waals surface area contributed by atoms with Crippen LogP contribution in [0.2, 0.25) is 0 Å². The van der Waals surface area contributed by atoms with Crippen LogP contribution in [0.25, 0.3) is 10.2 Å². The number of fused-ring (bicyclic) bond motifs is 1. The number of thiazole rings is 1. The molecule has 0 atom stereocenters. The number of aromatic hydroxyl groups is 1. The molecule has 0 unspecified atom stereocenters. The largest absolute Gasteiger partial charge is 0.506 e. The number of aromatic nitrogens is 1. The Kier molecular flexibility index (Phi) is 1.32. The first-order valence-corrected chi connectivity index (χ1v) is 4.18. The number of hydrogen-bond donors (Lipinski definition) is 1. The molecule has 0 radical (unpaired) electrons. The molecule has 0 aliphatic heterocycles. The minimum absolute atomic E-state index is 0.336. The summed E-state index contributed by atoms with van der Waals surface area (Å²) >= 11 is 1.46. The molecule has 0 fully saturated rings. The van der Waals surface area contributed by atoms with E-state index >= 15 is 0 Å². The fraction of sp³-hybridized carbons (Fsp3) is 0.125. The molecule has 2 rings (SSSR count). The Morgan fingerprint density at radius 3 is 3.09 bits per heavy atom. The average Bonchev–Trinajstić information content (AvgIpc) is 2.34. The molecule has 0 saturated carbocycles. The van der Waals surface area contributed by atoms with E-state index in [0.29, 0.717) is 5.75 Å². The molecule has 0 saturated heterocycles. The van der Waals surface area contributed by atoms with Gasteiger partial charge in [-0.3, -0.25) is 0 Å². The number of aryl methyl sites for hydroxylation is 1. The highest BCUT2D eigenvalue weighted by Crippen LogP contribution is 2.28. The van der Waals surface area contributed by atoms with Crippen molar-refractivity contribution in [1.82, 2.24) is 4.98 Å². The summed E-state index contributed by atoms with van der Waals surface area (Å²) in [6.45, 7) is 1.94. The van der Waals surface area contributed by atoms with Gasteiger partial charge in [0.15, 0.2) is 0 Å². The fourth-order valence-electron chi connectivity index (χ4n) is 1.09. The molecule has 0 spiro atoms. The first kappa shape index (κ1) is 6.61. The van der Waals surface area contributed by atoms with Crippen molar-refractivity contribution in [2.75, 3.05) is 0 Å². The predicted octanol–water partition coefficient (Wildman–Crippen LogP) is 2.31. The molecule has 2 aromatic rings. The second-order valence-electron chi connectivity index (χ2n) is 2.48. The lowest BCUT2D eigenvalue weighted by molar-refractivity contribution is 0.482. The molecule has 3 heteroatoms. The second kappa shape index (κ2) is 2.20. The maximum absolute atomic E-state index is 9.41. The third-order valence-corrected chi connectivity index (χ3v) is 2.42. The van der Waals surface area contributed by atoms with Gasteiger partial charge in [0.2, 0.25) is 0 Å². The lowest BCUT2D eigenvalue weighted by Crippen LogP contribution is -1.72. The van der Waals surface area contributed by atoms with Crippen LogP contribution in [0, 0.1) is 6.92 Å². The number of phenols is 1. The van der Waals surface area contributed by atoms with Gasteiger partial charge < -0.3 is 5.11 Å². The highest BCUT2D eigenvalue weighted by molar-refractivity contribution is 7.17. The summed E-state index contributed by atoms with van der Waals surface area (Å²) in [6.07, 6.45) is 0. The van der Waals surface area contributed by atoms with Crippen molar-refractivity contribution in [1.29, 1.82) is 0 Å². The number of benzene rings is 1. The van der Waals surface area contributed by atoms with E-state index in [0.717, 1.165) is 15.8 Å². The zero-order chi connectivity index (χ0) is 7.84. The summed E-state index contributed by atoms with van der Waals surface area (Å²) in [7, 11) is 0. The minimum atomic E-state index is 0.336. The third kappa shape index (κ3) is 0.973. The van der Waals surface area contributed by atoms with Gasteiger partial charge >= 0.3 is 0 Å². The Balaban J connectivity index is 2.91. The summed E-state index contributed by atoms with van der Waals surface area (Å²) in [5, 5.41) is 9.41. The number of rotatable bonds is 0. The first-order chi connectivity index (χ1) is 5.27. The molecule has 11 heavy (non-hydrogen) atoms. The Morgan fingerprint density at radius 1 is 1.45 bits per heavy atom. The molecule has 0 amide bonds. The van der Waals surface area contributed by atoms with Gasteiger partial charge in [-0.15, -0.1) is 11.3 Å². The molecule has 1 N–H and O–H groups in total. The molecule has 1 aromatic heterocycles. The molecule has 1 aromatic carbocycles. The van der Waals surface area contributed by atoms with Crippen LogP contribution in [0.5, 0.6) is 5.75 Å². The SMILES string of the molecule is Cc1cc(O)c2scnc2c1. The summed E-state index contributed by atoms with van der Waals surface area (Å²) in [4.78, 5) is 4.10. The van der Waals surface area contributed by atoms with E-state index in [1.165, 1.54) is 11.3 Å². The van der Waals surface area contributed by atoms with Crippen LogP contribution in [0.3, 0.4) is 0 Å². The topological polar surface area (TPSA) is 33.1 Å². The Morgan fingerprint density at radius 2 is 2.27 bits per heavy atom. The smallest absolute Gasteiger partial charge is 0.135 e. The number of hydrogen-bond acceptors (Lipinski definition) is 3. The van der Waals surface area contributed by atoms with Gasteiger partial charge in [0.1, 0.15) is 5.75 Å². The van der Waals surface area contributed by atoms with Gasteiger partial charge in [0, 0.05) is 0 Å². The maximum atomic E-state index is 9.41. The zero-order valence-corrected chi connectivity index (χ0v) is 6.85. The maximum Gasteiger partial charge on any atom is 0.135 e. The van der Waals surface area contributed by atoms with E-state index in [1.807, 2.05) is 13.0 Å². The van der Waals surface area contributed by atoms with Crippen LogP contribution in [0.4, 0.5) is 0 Å². The summed E-state index contributed by atoms with van der Waals surface area (Å²) in [5.74, 6) is 0.336. The lowest BCUT2D eigenvalue weighted by atomic mass is 10.2.